The molecule has 0 N–H and O–H groups in total. The van der Waals surface area contributed by atoms with E-state index in [1.807, 2.05) is 6.20 Å². The number of aromatic nitrogens is 1. The number of aryl methyl sites for hydroxylation is 1. The van der Waals surface area contributed by atoms with Crippen LogP contribution in [0.4, 0.5) is 0 Å². The lowest BCUT2D eigenvalue weighted by Crippen LogP contribution is -2.00. The van der Waals surface area contributed by atoms with Gasteiger partial charge in [0.05, 0.1) is 6.61 Å². The van der Waals surface area contributed by atoms with Crippen LogP contribution in [0.1, 0.15) is 82.0 Å². The maximum atomic E-state index is 5.66. The second-order valence-corrected chi connectivity index (χ2v) is 6.89. The number of unbranched alkanes of at least 4 members (excludes halogenated alkanes) is 4. The van der Waals surface area contributed by atoms with Gasteiger partial charge in [-0.05, 0) is 48.6 Å². The summed E-state index contributed by atoms with van der Waals surface area (Å²) in [5.41, 5.74) is 3.80. The smallest absolute Gasteiger partial charge is 0.119 e. The second-order valence-electron chi connectivity index (χ2n) is 6.89. The monoisotopic (exact) mass is 339 g/mol. The Morgan fingerprint density at radius 3 is 2.20 bits per heavy atom. The van der Waals surface area contributed by atoms with Crippen LogP contribution >= 0.6 is 0 Å². The van der Waals surface area contributed by atoms with Crippen molar-refractivity contribution in [2.45, 2.75) is 71.6 Å². The molecule has 1 heterocycles. The lowest BCUT2D eigenvalue weighted by Gasteiger charge is -2.13. The molecule has 136 valence electrons. The third-order valence-electron chi connectivity index (χ3n) is 4.74. The van der Waals surface area contributed by atoms with E-state index in [4.69, 9.17) is 4.74 Å². The summed E-state index contributed by atoms with van der Waals surface area (Å²) in [6.45, 7) is 7.40. The predicted octanol–water partition coefficient (Wildman–Crippen LogP) is 6.54. The van der Waals surface area contributed by atoms with Crippen molar-refractivity contribution in [2.75, 3.05) is 6.61 Å². The average Bonchev–Trinajstić information content (AvgIpc) is 2.66. The number of nitrogens with zero attached hydrogens (tertiary/aromatic N) is 1. The van der Waals surface area contributed by atoms with Crippen LogP contribution in [0.3, 0.4) is 0 Å². The molecule has 1 atom stereocenters. The number of rotatable bonds is 11. The fourth-order valence-electron chi connectivity index (χ4n) is 3.01. The number of pyridine rings is 1. The molecule has 2 aromatic rings. The van der Waals surface area contributed by atoms with Gasteiger partial charge in [-0.3, -0.25) is 4.98 Å². The van der Waals surface area contributed by atoms with Crippen molar-refractivity contribution in [3.8, 4) is 5.75 Å². The first kappa shape index (κ1) is 19.5. The SMILES string of the molecule is CCCCCCCc1ccc(C(C)c2ccc(OCCC)cc2)cn1. The van der Waals surface area contributed by atoms with Crippen LogP contribution in [-0.2, 0) is 6.42 Å². The van der Waals surface area contributed by atoms with Crippen molar-refractivity contribution in [3.63, 3.8) is 0 Å². The highest BCUT2D eigenvalue weighted by atomic mass is 16.5. The van der Waals surface area contributed by atoms with E-state index in [1.165, 1.54) is 48.9 Å². The molecule has 1 unspecified atom stereocenters. The third-order valence-corrected chi connectivity index (χ3v) is 4.74. The average molecular weight is 340 g/mol. The summed E-state index contributed by atoms with van der Waals surface area (Å²) in [7, 11) is 0. The number of benzene rings is 1. The van der Waals surface area contributed by atoms with E-state index in [0.29, 0.717) is 5.92 Å². The lowest BCUT2D eigenvalue weighted by atomic mass is 9.94. The molecular formula is C23H33NO. The molecule has 0 bridgehead atoms. The Labute approximate surface area is 153 Å². The van der Waals surface area contributed by atoms with Gasteiger partial charge in [0.1, 0.15) is 5.75 Å². The van der Waals surface area contributed by atoms with Crippen molar-refractivity contribution < 1.29 is 4.74 Å². The molecule has 1 aromatic heterocycles. The van der Waals surface area contributed by atoms with Crippen molar-refractivity contribution in [2.24, 2.45) is 0 Å². The molecule has 0 aliphatic carbocycles. The van der Waals surface area contributed by atoms with Crippen molar-refractivity contribution in [1.29, 1.82) is 0 Å². The Bertz CT molecular complexity index is 588. The molecule has 0 fully saturated rings. The molecule has 2 nitrogen and oxygen atoms in total. The molecule has 0 radical (unpaired) electrons. The Hall–Kier alpha value is -1.83. The molecule has 0 spiro atoms. The number of hydrogen-bond acceptors (Lipinski definition) is 2. The first-order valence-electron chi connectivity index (χ1n) is 9.92. The first-order valence-corrected chi connectivity index (χ1v) is 9.92. The number of ether oxygens (including phenoxy) is 1. The van der Waals surface area contributed by atoms with E-state index in [-0.39, 0.29) is 0 Å². The Morgan fingerprint density at radius 2 is 1.56 bits per heavy atom. The topological polar surface area (TPSA) is 22.1 Å². The van der Waals surface area contributed by atoms with Crippen LogP contribution in [0.2, 0.25) is 0 Å². The summed E-state index contributed by atoms with van der Waals surface area (Å²) in [4.78, 5) is 4.68. The first-order chi connectivity index (χ1) is 12.2. The van der Waals surface area contributed by atoms with Gasteiger partial charge >= 0.3 is 0 Å². The minimum Gasteiger partial charge on any atom is -0.494 e. The molecule has 0 amide bonds. The van der Waals surface area contributed by atoms with Crippen LogP contribution in [0.15, 0.2) is 42.6 Å². The standard InChI is InChI=1S/C23H33NO/c1-4-6-7-8-9-10-22-14-11-21(18-24-22)19(3)20-12-15-23(16-13-20)25-17-5-2/h11-16,18-19H,4-10,17H2,1-3H3. The van der Waals surface area contributed by atoms with Gasteiger partial charge in [-0.15, -0.1) is 0 Å². The largest absolute Gasteiger partial charge is 0.494 e. The van der Waals surface area contributed by atoms with E-state index in [2.05, 4.69) is 62.2 Å². The molecule has 0 aliphatic rings. The third kappa shape index (κ3) is 6.53. The molecule has 2 heteroatoms. The van der Waals surface area contributed by atoms with Gasteiger partial charge in [-0.1, -0.05) is 64.7 Å². The highest BCUT2D eigenvalue weighted by Gasteiger charge is 2.09. The summed E-state index contributed by atoms with van der Waals surface area (Å²) in [6, 6.07) is 12.9. The highest BCUT2D eigenvalue weighted by molar-refractivity contribution is 5.34. The zero-order valence-electron chi connectivity index (χ0n) is 16.1. The van der Waals surface area contributed by atoms with Crippen LogP contribution in [-0.4, -0.2) is 11.6 Å². The molecule has 1 aromatic carbocycles. The van der Waals surface area contributed by atoms with Gasteiger partial charge < -0.3 is 4.74 Å². The van der Waals surface area contributed by atoms with E-state index in [9.17, 15) is 0 Å². The van der Waals surface area contributed by atoms with Crippen LogP contribution in [0.5, 0.6) is 5.75 Å². The highest BCUT2D eigenvalue weighted by Crippen LogP contribution is 2.25. The molecule has 0 saturated carbocycles. The Morgan fingerprint density at radius 1 is 0.840 bits per heavy atom. The van der Waals surface area contributed by atoms with E-state index >= 15 is 0 Å². The Balaban J connectivity index is 1.87. The van der Waals surface area contributed by atoms with Crippen LogP contribution < -0.4 is 4.74 Å². The lowest BCUT2D eigenvalue weighted by molar-refractivity contribution is 0.317. The summed E-state index contributed by atoms with van der Waals surface area (Å²) in [6.07, 6.45) is 10.8. The molecule has 2 rings (SSSR count). The van der Waals surface area contributed by atoms with Crippen molar-refractivity contribution in [1.82, 2.24) is 4.98 Å². The van der Waals surface area contributed by atoms with E-state index < -0.39 is 0 Å². The number of hydrogen-bond donors (Lipinski definition) is 0. The molecule has 0 aliphatic heterocycles. The minimum atomic E-state index is 0.353. The van der Waals surface area contributed by atoms with Crippen molar-refractivity contribution >= 4 is 0 Å². The van der Waals surface area contributed by atoms with Gasteiger partial charge in [0.25, 0.3) is 0 Å². The molecule has 25 heavy (non-hydrogen) atoms. The van der Waals surface area contributed by atoms with Gasteiger partial charge in [0.2, 0.25) is 0 Å². The normalized spacial score (nSPS) is 12.1. The van der Waals surface area contributed by atoms with Crippen LogP contribution in [0, 0.1) is 0 Å². The van der Waals surface area contributed by atoms with Crippen LogP contribution in [0.25, 0.3) is 0 Å². The van der Waals surface area contributed by atoms with E-state index in [1.54, 1.807) is 0 Å². The maximum absolute atomic E-state index is 5.66. The fraction of sp³-hybridized carbons (Fsp3) is 0.522. The molecule has 0 saturated heterocycles. The summed E-state index contributed by atoms with van der Waals surface area (Å²) < 4.78 is 5.66. The molecular weight excluding hydrogens is 306 g/mol. The maximum Gasteiger partial charge on any atom is 0.119 e. The zero-order chi connectivity index (χ0) is 17.9. The summed E-state index contributed by atoms with van der Waals surface area (Å²) in [5, 5.41) is 0. The van der Waals surface area contributed by atoms with Gasteiger partial charge in [0, 0.05) is 17.8 Å². The zero-order valence-corrected chi connectivity index (χ0v) is 16.1. The van der Waals surface area contributed by atoms with E-state index in [0.717, 1.165) is 25.2 Å². The fourth-order valence-corrected chi connectivity index (χ4v) is 3.01. The quantitative estimate of drug-likeness (QED) is 0.434. The minimum absolute atomic E-state index is 0.353. The van der Waals surface area contributed by atoms with Crippen molar-refractivity contribution in [3.05, 3.63) is 59.4 Å². The predicted molar refractivity (Wildman–Crippen MR) is 106 cm³/mol. The summed E-state index contributed by atoms with van der Waals surface area (Å²) >= 11 is 0. The van der Waals surface area contributed by atoms with Gasteiger partial charge in [0.15, 0.2) is 0 Å². The van der Waals surface area contributed by atoms with Gasteiger partial charge in [-0.25, -0.2) is 0 Å². The summed E-state index contributed by atoms with van der Waals surface area (Å²) in [5.74, 6) is 1.31. The Kier molecular flexibility index (Phi) is 8.51. The van der Waals surface area contributed by atoms with Gasteiger partial charge in [-0.2, -0.15) is 0 Å². The second kappa shape index (κ2) is 10.9.